The van der Waals surface area contributed by atoms with E-state index in [-0.39, 0.29) is 6.54 Å². The molecular weight excluding hydrogens is 210 g/mol. The average molecular weight is 225 g/mol. The van der Waals surface area contributed by atoms with Gasteiger partial charge in [0, 0.05) is 31.4 Å². The van der Waals surface area contributed by atoms with Crippen molar-refractivity contribution in [3.8, 4) is 0 Å². The summed E-state index contributed by atoms with van der Waals surface area (Å²) in [6.45, 7) is 0.965. The third-order valence-electron chi connectivity index (χ3n) is 2.20. The normalized spacial score (nSPS) is 16.0. The second kappa shape index (κ2) is 5.84. The van der Waals surface area contributed by atoms with Gasteiger partial charge in [-0.1, -0.05) is 0 Å². The largest absolute Gasteiger partial charge is 0.370 e. The van der Waals surface area contributed by atoms with Crippen LogP contribution in [0, 0.1) is 10.1 Å². The Morgan fingerprint density at radius 2 is 2.56 bits per heavy atom. The molecule has 0 fully saturated rings. The average Bonchev–Trinajstić information content (AvgIpc) is 2.25. The lowest BCUT2D eigenvalue weighted by Gasteiger charge is -2.23. The van der Waals surface area contributed by atoms with Crippen molar-refractivity contribution in [3.63, 3.8) is 0 Å². The maximum atomic E-state index is 10.3. The van der Waals surface area contributed by atoms with Crippen LogP contribution in [-0.4, -0.2) is 55.6 Å². The van der Waals surface area contributed by atoms with Crippen LogP contribution in [0.4, 0.5) is 0 Å². The Labute approximate surface area is 93.7 Å². The number of rotatable bonds is 4. The Morgan fingerprint density at radius 1 is 1.81 bits per heavy atom. The summed E-state index contributed by atoms with van der Waals surface area (Å²) in [4.78, 5) is 19.8. The number of nitrogens with zero attached hydrogens (tertiary/aromatic N) is 4. The summed E-state index contributed by atoms with van der Waals surface area (Å²) >= 11 is 0. The van der Waals surface area contributed by atoms with Gasteiger partial charge in [-0.15, -0.1) is 0 Å². The van der Waals surface area contributed by atoms with Crippen molar-refractivity contribution in [1.29, 1.82) is 0 Å². The molecule has 0 atom stereocenters. The fourth-order valence-electron chi connectivity index (χ4n) is 1.23. The van der Waals surface area contributed by atoms with Crippen molar-refractivity contribution < 1.29 is 4.92 Å². The van der Waals surface area contributed by atoms with Crippen molar-refractivity contribution in [2.45, 2.75) is 0 Å². The number of hydrogen-bond donors (Lipinski definition) is 1. The quantitative estimate of drug-likeness (QED) is 0.309. The van der Waals surface area contributed by atoms with E-state index in [0.29, 0.717) is 12.4 Å². The molecule has 0 aliphatic carbocycles. The molecule has 0 aromatic rings. The van der Waals surface area contributed by atoms with Crippen LogP contribution in [-0.2, 0) is 0 Å². The van der Waals surface area contributed by atoms with Crippen LogP contribution in [0.25, 0.3) is 0 Å². The van der Waals surface area contributed by atoms with Crippen molar-refractivity contribution >= 4 is 12.1 Å². The highest BCUT2D eigenvalue weighted by Crippen LogP contribution is 2.03. The predicted octanol–water partition coefficient (Wildman–Crippen LogP) is -0.261. The van der Waals surface area contributed by atoms with E-state index in [1.165, 1.54) is 7.05 Å². The summed E-state index contributed by atoms with van der Waals surface area (Å²) in [6.07, 6.45) is 3.53. The fourth-order valence-corrected chi connectivity index (χ4v) is 1.23. The number of nitrogens with one attached hydrogen (secondary N) is 1. The third-order valence-corrected chi connectivity index (χ3v) is 2.20. The molecule has 1 N–H and O–H groups in total. The first kappa shape index (κ1) is 12.2. The second-order valence-electron chi connectivity index (χ2n) is 3.35. The Balaban J connectivity index is 2.46. The number of hydrogen-bond acceptors (Lipinski definition) is 5. The van der Waals surface area contributed by atoms with E-state index in [1.54, 1.807) is 12.4 Å². The molecule has 1 aliphatic heterocycles. The molecular formula is C9H15N5O2. The van der Waals surface area contributed by atoms with Gasteiger partial charge in [0.2, 0.25) is 0 Å². The molecule has 1 rings (SSSR count). The lowest BCUT2D eigenvalue weighted by molar-refractivity contribution is -0.463. The van der Waals surface area contributed by atoms with E-state index < -0.39 is 4.92 Å². The topological polar surface area (TPSA) is 83.1 Å². The summed E-state index contributed by atoms with van der Waals surface area (Å²) in [6, 6.07) is 0. The highest BCUT2D eigenvalue weighted by atomic mass is 16.6. The Morgan fingerprint density at radius 3 is 3.12 bits per heavy atom. The number of nitro groups is 1. The van der Waals surface area contributed by atoms with E-state index in [0.717, 1.165) is 12.2 Å². The fraction of sp³-hybridized carbons (Fsp3) is 0.556. The molecule has 1 heterocycles. The molecule has 0 aromatic heterocycles. The smallest absolute Gasteiger partial charge is 0.259 e. The molecule has 7 heteroatoms. The molecule has 7 nitrogen and oxygen atoms in total. The van der Waals surface area contributed by atoms with Gasteiger partial charge in [-0.3, -0.25) is 20.1 Å². The summed E-state index contributed by atoms with van der Waals surface area (Å²) < 4.78 is 0. The predicted molar refractivity (Wildman–Crippen MR) is 62.4 cm³/mol. The minimum absolute atomic E-state index is 0.281. The SMILES string of the molecule is CN=C(C[N+](=O)[O-])NCC1=CN=CCN1C. The monoisotopic (exact) mass is 225 g/mol. The number of amidine groups is 1. The van der Waals surface area contributed by atoms with Gasteiger partial charge >= 0.3 is 0 Å². The highest BCUT2D eigenvalue weighted by Gasteiger charge is 2.10. The van der Waals surface area contributed by atoms with Crippen LogP contribution >= 0.6 is 0 Å². The standard InChI is InChI=1S/C9H15N5O2/c1-10-9(7-14(15)16)12-6-8-5-11-3-4-13(8)2/h3,5H,4,6-7H2,1-2H3,(H,10,12). The Hall–Kier alpha value is -1.92. The minimum atomic E-state index is -0.410. The molecule has 16 heavy (non-hydrogen) atoms. The molecule has 88 valence electrons. The van der Waals surface area contributed by atoms with Crippen molar-refractivity contribution in [3.05, 3.63) is 22.0 Å². The van der Waals surface area contributed by atoms with Gasteiger partial charge in [-0.2, -0.15) is 0 Å². The van der Waals surface area contributed by atoms with E-state index in [2.05, 4.69) is 15.3 Å². The number of likely N-dealkylation sites (N-methyl/N-ethyl adjacent to an activating group) is 1. The van der Waals surface area contributed by atoms with Gasteiger partial charge in [-0.25, -0.2) is 0 Å². The zero-order chi connectivity index (χ0) is 12.0. The number of aliphatic imine (C=N–C) groups is 2. The molecule has 0 radical (unpaired) electrons. The maximum absolute atomic E-state index is 10.3. The van der Waals surface area contributed by atoms with E-state index in [1.807, 2.05) is 11.9 Å². The van der Waals surface area contributed by atoms with Gasteiger partial charge < -0.3 is 10.2 Å². The first-order valence-electron chi connectivity index (χ1n) is 4.86. The van der Waals surface area contributed by atoms with E-state index in [4.69, 9.17) is 0 Å². The first-order chi connectivity index (χ1) is 7.63. The van der Waals surface area contributed by atoms with Crippen LogP contribution < -0.4 is 5.32 Å². The van der Waals surface area contributed by atoms with Gasteiger partial charge in [0.1, 0.15) is 0 Å². The molecule has 0 amide bonds. The van der Waals surface area contributed by atoms with Crippen molar-refractivity contribution in [1.82, 2.24) is 10.2 Å². The van der Waals surface area contributed by atoms with Crippen molar-refractivity contribution in [2.24, 2.45) is 9.98 Å². The van der Waals surface area contributed by atoms with Gasteiger partial charge in [0.05, 0.1) is 18.8 Å². The highest BCUT2D eigenvalue weighted by molar-refractivity contribution is 5.83. The lowest BCUT2D eigenvalue weighted by Crippen LogP contribution is -2.36. The second-order valence-corrected chi connectivity index (χ2v) is 3.35. The van der Waals surface area contributed by atoms with E-state index >= 15 is 0 Å². The maximum Gasteiger partial charge on any atom is 0.259 e. The summed E-state index contributed by atoms with van der Waals surface area (Å²) in [7, 11) is 3.47. The van der Waals surface area contributed by atoms with Crippen molar-refractivity contribution in [2.75, 3.05) is 33.7 Å². The zero-order valence-electron chi connectivity index (χ0n) is 9.38. The van der Waals surface area contributed by atoms with Crippen LogP contribution in [0.15, 0.2) is 21.9 Å². The summed E-state index contributed by atoms with van der Waals surface area (Å²) in [5, 5.41) is 13.2. The molecule has 0 saturated carbocycles. The summed E-state index contributed by atoms with van der Waals surface area (Å²) in [5.41, 5.74) is 0.979. The molecule has 1 aliphatic rings. The zero-order valence-corrected chi connectivity index (χ0v) is 9.38. The molecule has 0 saturated heterocycles. The molecule has 0 spiro atoms. The molecule has 0 unspecified atom stereocenters. The molecule has 0 aromatic carbocycles. The molecule has 0 bridgehead atoms. The third kappa shape index (κ3) is 3.68. The Kier molecular flexibility index (Phi) is 4.43. The lowest BCUT2D eigenvalue weighted by atomic mass is 10.3. The Bertz CT molecular complexity index is 348. The van der Waals surface area contributed by atoms with E-state index in [9.17, 15) is 10.1 Å². The van der Waals surface area contributed by atoms with Crippen LogP contribution in [0.1, 0.15) is 0 Å². The summed E-state index contributed by atoms with van der Waals surface area (Å²) in [5.74, 6) is 0.369. The van der Waals surface area contributed by atoms with Gasteiger partial charge in [0.25, 0.3) is 6.54 Å². The van der Waals surface area contributed by atoms with Crippen LogP contribution in [0.2, 0.25) is 0 Å². The van der Waals surface area contributed by atoms with Gasteiger partial charge in [-0.05, 0) is 0 Å². The first-order valence-corrected chi connectivity index (χ1v) is 4.86. The van der Waals surface area contributed by atoms with Crippen LogP contribution in [0.3, 0.4) is 0 Å². The van der Waals surface area contributed by atoms with Crippen LogP contribution in [0.5, 0.6) is 0 Å². The minimum Gasteiger partial charge on any atom is -0.370 e. The van der Waals surface area contributed by atoms with Gasteiger partial charge in [0.15, 0.2) is 5.84 Å².